The van der Waals surface area contributed by atoms with Gasteiger partial charge in [-0.25, -0.2) is 13.1 Å². The third-order valence-electron chi connectivity index (χ3n) is 10.4. The maximum Gasteiger partial charge on any atom is 0.264 e. The number of benzene rings is 2. The first kappa shape index (κ1) is 31.4. The highest BCUT2D eigenvalue weighted by Gasteiger charge is 2.44. The van der Waals surface area contributed by atoms with E-state index in [0.29, 0.717) is 37.0 Å². The molecule has 0 aromatic heterocycles. The lowest BCUT2D eigenvalue weighted by Gasteiger charge is -2.46. The minimum Gasteiger partial charge on any atom is -0.490 e. The molecule has 1 spiro atoms. The second-order valence-electron chi connectivity index (χ2n) is 12.8. The van der Waals surface area contributed by atoms with Crippen molar-refractivity contribution < 1.29 is 27.4 Å². The SMILES string of the molecule is CC[C@H]1[C@H](OC)C/C=C/[C@H](OC)[C@@H]2CC[C@H]2CN2C[C@@]3(CCCc4cc(Cl)ccc43)COc3ccc(cc32)C(=O)NS1(=O)=O. The van der Waals surface area contributed by atoms with Gasteiger partial charge in [0.25, 0.3) is 5.91 Å². The summed E-state index contributed by atoms with van der Waals surface area (Å²) in [7, 11) is -0.778. The van der Waals surface area contributed by atoms with Crippen molar-refractivity contribution in [1.29, 1.82) is 0 Å². The summed E-state index contributed by atoms with van der Waals surface area (Å²) in [5.74, 6) is 0.756. The number of rotatable bonds is 3. The predicted octanol–water partition coefficient (Wildman–Crippen LogP) is 5.67. The Morgan fingerprint density at radius 1 is 1.14 bits per heavy atom. The molecule has 1 saturated carbocycles. The van der Waals surface area contributed by atoms with Gasteiger partial charge >= 0.3 is 0 Å². The third-order valence-corrected chi connectivity index (χ3v) is 12.5. The van der Waals surface area contributed by atoms with E-state index in [1.807, 2.05) is 18.2 Å². The van der Waals surface area contributed by atoms with Crippen molar-refractivity contribution in [3.05, 3.63) is 70.3 Å². The molecule has 6 atom stereocenters. The van der Waals surface area contributed by atoms with Crippen molar-refractivity contribution in [1.82, 2.24) is 4.72 Å². The number of methoxy groups -OCH3 is 2. The van der Waals surface area contributed by atoms with Crippen LogP contribution in [0.25, 0.3) is 0 Å². The molecule has 2 heterocycles. The van der Waals surface area contributed by atoms with Gasteiger partial charge in [0.1, 0.15) is 11.0 Å². The maximum atomic E-state index is 13.5. The molecule has 1 amide bonds. The molecule has 0 radical (unpaired) electrons. The first-order valence-corrected chi connectivity index (χ1v) is 17.7. The quantitative estimate of drug-likeness (QED) is 0.432. The van der Waals surface area contributed by atoms with Crippen LogP contribution in [0.4, 0.5) is 5.69 Å². The van der Waals surface area contributed by atoms with Gasteiger partial charge in [-0.15, -0.1) is 0 Å². The summed E-state index contributed by atoms with van der Waals surface area (Å²) in [6, 6.07) is 11.5. The van der Waals surface area contributed by atoms with Crippen LogP contribution < -0.4 is 14.4 Å². The highest BCUT2D eigenvalue weighted by Crippen LogP contribution is 2.47. The molecule has 6 rings (SSSR count). The second-order valence-corrected chi connectivity index (χ2v) is 15.2. The standard InChI is InChI=1S/C34H43ClN2O6S/c1-4-32-31(42-3)9-5-8-29(41-2)26-13-10-24(26)19-37-20-34(16-6-7-22-17-25(35)12-14-27(22)34)21-43-30-15-11-23(18-28(30)37)33(38)36-44(32,39)40/h5,8,11-12,14-15,17-18,24,26,29,31-32H,4,6-7,9-10,13,16,19-21H2,1-3H3,(H,36,38)/b8-5+/t24-,26+,29-,31+,32-,34-/m0/s1. The summed E-state index contributed by atoms with van der Waals surface area (Å²) in [5, 5.41) is -0.154. The first-order valence-electron chi connectivity index (χ1n) is 15.8. The van der Waals surface area contributed by atoms with Gasteiger partial charge in [0.2, 0.25) is 10.0 Å². The highest BCUT2D eigenvalue weighted by atomic mass is 35.5. The van der Waals surface area contributed by atoms with E-state index in [1.54, 1.807) is 26.2 Å². The first-order chi connectivity index (χ1) is 21.2. The van der Waals surface area contributed by atoms with Crippen molar-refractivity contribution in [3.8, 4) is 5.75 Å². The van der Waals surface area contributed by atoms with E-state index >= 15 is 0 Å². The number of nitrogens with one attached hydrogen (secondary N) is 1. The normalized spacial score (nSPS) is 32.3. The Labute approximate surface area is 266 Å². The number of anilines is 1. The molecular formula is C34H43ClN2O6S. The molecular weight excluding hydrogens is 600 g/mol. The minimum absolute atomic E-state index is 0.0870. The van der Waals surface area contributed by atoms with Crippen LogP contribution >= 0.6 is 11.6 Å². The Morgan fingerprint density at radius 3 is 2.70 bits per heavy atom. The Balaban J connectivity index is 1.43. The second kappa shape index (κ2) is 12.7. The lowest BCUT2D eigenvalue weighted by atomic mass is 9.68. The fourth-order valence-electron chi connectivity index (χ4n) is 7.88. The van der Waals surface area contributed by atoms with Crippen molar-refractivity contribution in [2.24, 2.45) is 11.8 Å². The van der Waals surface area contributed by atoms with Gasteiger partial charge in [-0.2, -0.15) is 0 Å². The number of aryl methyl sites for hydroxylation is 1. The van der Waals surface area contributed by atoms with Crippen LogP contribution in [-0.2, 0) is 31.3 Å². The summed E-state index contributed by atoms with van der Waals surface area (Å²) in [4.78, 5) is 15.9. The largest absolute Gasteiger partial charge is 0.490 e. The number of carbonyl (C=O) groups excluding carboxylic acids is 1. The summed E-state index contributed by atoms with van der Waals surface area (Å²) in [6.45, 7) is 3.81. The molecule has 1 N–H and O–H groups in total. The van der Waals surface area contributed by atoms with E-state index in [-0.39, 0.29) is 17.1 Å². The smallest absolute Gasteiger partial charge is 0.264 e. The fourth-order valence-corrected chi connectivity index (χ4v) is 9.66. The van der Waals surface area contributed by atoms with Crippen LogP contribution in [0, 0.1) is 11.8 Å². The Hall–Kier alpha value is -2.59. The zero-order chi connectivity index (χ0) is 31.1. The third kappa shape index (κ3) is 5.88. The van der Waals surface area contributed by atoms with Gasteiger partial charge in [0.05, 0.1) is 24.5 Å². The summed E-state index contributed by atoms with van der Waals surface area (Å²) < 4.78 is 47.6. The van der Waals surface area contributed by atoms with Gasteiger partial charge in [-0.1, -0.05) is 36.7 Å². The molecule has 238 valence electrons. The summed E-state index contributed by atoms with van der Waals surface area (Å²) in [5.41, 5.74) is 3.40. The van der Waals surface area contributed by atoms with Crippen LogP contribution in [0.1, 0.15) is 66.9 Å². The van der Waals surface area contributed by atoms with Gasteiger partial charge in [0.15, 0.2) is 0 Å². The number of halogens is 1. The van der Waals surface area contributed by atoms with Crippen LogP contribution in [0.5, 0.6) is 5.75 Å². The lowest BCUT2D eigenvalue weighted by molar-refractivity contribution is 0.0129. The monoisotopic (exact) mass is 642 g/mol. The van der Waals surface area contributed by atoms with Crippen LogP contribution in [-0.4, -0.2) is 65.7 Å². The van der Waals surface area contributed by atoms with E-state index in [4.69, 9.17) is 25.8 Å². The number of hydrogen-bond donors (Lipinski definition) is 1. The van der Waals surface area contributed by atoms with Crippen molar-refractivity contribution in [2.45, 2.75) is 74.7 Å². The van der Waals surface area contributed by atoms with E-state index in [2.05, 4.69) is 27.8 Å². The zero-order valence-corrected chi connectivity index (χ0v) is 27.3. The van der Waals surface area contributed by atoms with Crippen molar-refractivity contribution in [2.75, 3.05) is 38.8 Å². The molecule has 0 saturated heterocycles. The molecule has 2 bridgehead atoms. The Kier molecular flexibility index (Phi) is 9.03. The van der Waals surface area contributed by atoms with Crippen molar-refractivity contribution in [3.63, 3.8) is 0 Å². The number of fused-ring (bicyclic) bond motifs is 4. The topological polar surface area (TPSA) is 94.2 Å². The van der Waals surface area contributed by atoms with Gasteiger partial charge < -0.3 is 19.1 Å². The average Bonchev–Trinajstić information content (AvgIpc) is 3.14. The predicted molar refractivity (Wildman–Crippen MR) is 172 cm³/mol. The fraction of sp³-hybridized carbons (Fsp3) is 0.559. The molecule has 2 aliphatic carbocycles. The van der Waals surface area contributed by atoms with Gasteiger partial charge in [-0.3, -0.25) is 4.79 Å². The number of sulfonamides is 1. The summed E-state index contributed by atoms with van der Waals surface area (Å²) in [6.07, 6.45) is 9.18. The van der Waals surface area contributed by atoms with Gasteiger partial charge in [-0.05, 0) is 98.2 Å². The molecule has 8 nitrogen and oxygen atoms in total. The number of amides is 1. The van der Waals surface area contributed by atoms with E-state index < -0.39 is 27.3 Å². The number of nitrogens with zero attached hydrogens (tertiary/aromatic N) is 1. The molecule has 44 heavy (non-hydrogen) atoms. The molecule has 10 heteroatoms. The molecule has 0 unspecified atom stereocenters. The number of ether oxygens (including phenoxy) is 3. The molecule has 2 aromatic rings. The molecule has 2 aromatic carbocycles. The van der Waals surface area contributed by atoms with Crippen LogP contribution in [0.3, 0.4) is 0 Å². The minimum atomic E-state index is -4.03. The lowest BCUT2D eigenvalue weighted by Crippen LogP contribution is -2.49. The zero-order valence-electron chi connectivity index (χ0n) is 25.8. The van der Waals surface area contributed by atoms with Gasteiger partial charge in [0, 0.05) is 43.3 Å². The molecule has 4 aliphatic rings. The van der Waals surface area contributed by atoms with Crippen molar-refractivity contribution >= 4 is 33.2 Å². The summed E-state index contributed by atoms with van der Waals surface area (Å²) >= 11 is 6.41. The number of carbonyl (C=O) groups is 1. The Morgan fingerprint density at radius 2 is 1.98 bits per heavy atom. The van der Waals surface area contributed by atoms with E-state index in [9.17, 15) is 13.2 Å². The molecule has 2 aliphatic heterocycles. The van der Waals surface area contributed by atoms with Crippen LogP contribution in [0.15, 0.2) is 48.6 Å². The van der Waals surface area contributed by atoms with E-state index in [0.717, 1.165) is 55.9 Å². The number of hydrogen-bond acceptors (Lipinski definition) is 7. The maximum absolute atomic E-state index is 13.5. The van der Waals surface area contributed by atoms with E-state index in [1.165, 1.54) is 18.2 Å². The highest BCUT2D eigenvalue weighted by molar-refractivity contribution is 7.90. The average molecular weight is 643 g/mol. The molecule has 1 fully saturated rings. The Bertz CT molecular complexity index is 1530. The van der Waals surface area contributed by atoms with Crippen LogP contribution in [0.2, 0.25) is 5.02 Å².